The Hall–Kier alpha value is -2.77. The van der Waals surface area contributed by atoms with Gasteiger partial charge in [-0.05, 0) is 131 Å². The molecule has 0 aliphatic carbocycles. The Balaban J connectivity index is 0. The van der Waals surface area contributed by atoms with Gasteiger partial charge in [0.2, 0.25) is 0 Å². The first-order valence-electron chi connectivity index (χ1n) is 19.9. The van der Waals surface area contributed by atoms with Gasteiger partial charge in [-0.25, -0.2) is 0 Å². The number of hydrogen-bond donors (Lipinski definition) is 0. The van der Waals surface area contributed by atoms with Gasteiger partial charge in [0.15, 0.2) is 0 Å². The van der Waals surface area contributed by atoms with E-state index in [1.807, 2.05) is 52.1 Å². The molecule has 2 atom stereocenters. The molecule has 0 radical (unpaired) electrons. The second-order valence-corrected chi connectivity index (χ2v) is 13.7. The quantitative estimate of drug-likeness (QED) is 0.104. The zero-order valence-corrected chi connectivity index (χ0v) is 35.5. The van der Waals surface area contributed by atoms with Crippen LogP contribution in [0.5, 0.6) is 0 Å². The van der Waals surface area contributed by atoms with Gasteiger partial charge in [0.25, 0.3) is 0 Å². The van der Waals surface area contributed by atoms with Crippen molar-refractivity contribution >= 4 is 17.7 Å². The third-order valence-corrected chi connectivity index (χ3v) is 8.85. The molecule has 2 rings (SSSR count). The minimum absolute atomic E-state index is 0.744. The van der Waals surface area contributed by atoms with Crippen LogP contribution in [0.3, 0.4) is 0 Å². The maximum atomic E-state index is 5.66. The topological polar surface area (TPSA) is 3.24 Å². The summed E-state index contributed by atoms with van der Waals surface area (Å²) in [6, 6.07) is 13.8. The summed E-state index contributed by atoms with van der Waals surface area (Å²) in [6.45, 7) is 30.8. The van der Waals surface area contributed by atoms with Crippen molar-refractivity contribution in [1.29, 1.82) is 0 Å². The Bertz CT molecular complexity index is 1230. The van der Waals surface area contributed by atoms with Gasteiger partial charge in [-0.1, -0.05) is 172 Å². The van der Waals surface area contributed by atoms with Crippen molar-refractivity contribution in [1.82, 2.24) is 4.90 Å². The van der Waals surface area contributed by atoms with E-state index in [1.54, 1.807) is 11.1 Å². The van der Waals surface area contributed by atoms with E-state index >= 15 is 0 Å². The third kappa shape index (κ3) is 25.2. The van der Waals surface area contributed by atoms with Crippen molar-refractivity contribution in [3.63, 3.8) is 0 Å². The normalized spacial score (nSPS) is 12.5. The van der Waals surface area contributed by atoms with Gasteiger partial charge >= 0.3 is 0 Å². The van der Waals surface area contributed by atoms with Gasteiger partial charge in [0.1, 0.15) is 0 Å². The number of nitrogens with zero attached hydrogens (tertiary/aromatic N) is 1. The second kappa shape index (κ2) is 33.4. The van der Waals surface area contributed by atoms with Crippen LogP contribution in [0.4, 0.5) is 0 Å². The Morgan fingerprint density at radius 3 is 2.02 bits per heavy atom. The highest BCUT2D eigenvalue weighted by molar-refractivity contribution is 6.31. The summed E-state index contributed by atoms with van der Waals surface area (Å²) in [5.74, 6) is 1.61. The molecule has 1 nitrogen and oxygen atoms in total. The molecule has 0 heterocycles. The maximum absolute atomic E-state index is 5.66. The molecule has 0 spiro atoms. The number of aryl methyl sites for hydroxylation is 5. The highest BCUT2D eigenvalue weighted by Gasteiger charge is 2.07. The molecule has 2 aromatic carbocycles. The van der Waals surface area contributed by atoms with E-state index in [4.69, 9.17) is 11.6 Å². The van der Waals surface area contributed by atoms with E-state index in [1.165, 1.54) is 80.0 Å². The molecule has 50 heavy (non-hydrogen) atoms. The highest BCUT2D eigenvalue weighted by atomic mass is 35.5. The molecule has 2 aromatic rings. The summed E-state index contributed by atoms with van der Waals surface area (Å²) in [7, 11) is 0. The second-order valence-electron chi connectivity index (χ2n) is 13.3. The first kappa shape index (κ1) is 49.3. The molecule has 0 fully saturated rings. The highest BCUT2D eigenvalue weighted by Crippen LogP contribution is 2.19. The lowest BCUT2D eigenvalue weighted by Crippen LogP contribution is -2.18. The van der Waals surface area contributed by atoms with E-state index in [-0.39, 0.29) is 0 Å². The lowest BCUT2D eigenvalue weighted by molar-refractivity contribution is 0.353. The van der Waals surface area contributed by atoms with E-state index < -0.39 is 0 Å². The van der Waals surface area contributed by atoms with Crippen LogP contribution in [-0.4, -0.2) is 11.4 Å². The maximum Gasteiger partial charge on any atom is 0.0362 e. The lowest BCUT2D eigenvalue weighted by atomic mass is 9.96. The van der Waals surface area contributed by atoms with Crippen LogP contribution in [0, 0.1) is 25.7 Å². The summed E-state index contributed by atoms with van der Waals surface area (Å²) >= 11 is 5.66. The zero-order valence-electron chi connectivity index (χ0n) is 34.8. The molecule has 0 aliphatic heterocycles. The molecule has 2 unspecified atom stereocenters. The summed E-state index contributed by atoms with van der Waals surface area (Å²) in [6.07, 6.45) is 29.8. The molecule has 0 aliphatic rings. The predicted octanol–water partition coefficient (Wildman–Crippen LogP) is 15.8. The Morgan fingerprint density at radius 1 is 0.820 bits per heavy atom. The largest absolute Gasteiger partial charge is 0.355 e. The smallest absolute Gasteiger partial charge is 0.0362 e. The first-order chi connectivity index (χ1) is 24.1. The summed E-state index contributed by atoms with van der Waals surface area (Å²) < 4.78 is 0. The van der Waals surface area contributed by atoms with Gasteiger partial charge in [-0.3, -0.25) is 0 Å². The molecular weight excluding hydrogens is 626 g/mol. The standard InChI is InChI=1S/C25H34.C14H27N.C7H11Cl.C2H6/c1-5-10-23-17-15-22(19-21(23)4)12-8-7-9-13-24-16-14-20(3)18-25(24)11-6-2;1-6-11-15(8-3)12-14(5)10-9-13(4)7-2;1-3-5-7(8)6-4-2;1-2/h8,12,14-19H,5-7,9-11,13H2,1-4H3;6,8,11,13-14H,3,7,9-10,12H2,1-2,4-5H3;3,5-6H,4H2,1-2H3;1-2H3/b12-8+;11-6-;5-3-,7-6+;. The molecule has 282 valence electrons. The SMILES string of the molecule is C/C=C\C(Cl)=C/CC.C=CN(/C=C\C)CC(C)CCC(C)CC.CC.CCCc1ccc(/C=C/CCCc2ccc(C)cc2CCC)cc1C. The fourth-order valence-electron chi connectivity index (χ4n) is 5.54. The van der Waals surface area contributed by atoms with Crippen LogP contribution < -0.4 is 0 Å². The van der Waals surface area contributed by atoms with E-state index in [0.717, 1.165) is 36.3 Å². The van der Waals surface area contributed by atoms with Gasteiger partial charge < -0.3 is 4.90 Å². The molecule has 0 amide bonds. The lowest BCUT2D eigenvalue weighted by Gasteiger charge is -2.21. The average Bonchev–Trinajstić information content (AvgIpc) is 3.10. The molecule has 0 aromatic heterocycles. The first-order valence-corrected chi connectivity index (χ1v) is 20.3. The monoisotopic (exact) mass is 704 g/mol. The van der Waals surface area contributed by atoms with Crippen LogP contribution in [0.2, 0.25) is 0 Å². The molecule has 2 heteroatoms. The van der Waals surface area contributed by atoms with Crippen LogP contribution in [0.15, 0.2) is 90.8 Å². The minimum Gasteiger partial charge on any atom is -0.355 e. The number of hydrogen-bond acceptors (Lipinski definition) is 1. The van der Waals surface area contributed by atoms with Gasteiger partial charge in [-0.2, -0.15) is 0 Å². The van der Waals surface area contributed by atoms with Crippen molar-refractivity contribution in [2.24, 2.45) is 11.8 Å². The number of benzene rings is 2. The van der Waals surface area contributed by atoms with Crippen LogP contribution >= 0.6 is 11.6 Å². The molecule has 0 bridgehead atoms. The van der Waals surface area contributed by atoms with Crippen LogP contribution in [0.1, 0.15) is 154 Å². The summed E-state index contributed by atoms with van der Waals surface area (Å²) in [4.78, 5) is 2.17. The van der Waals surface area contributed by atoms with Gasteiger partial charge in [-0.15, -0.1) is 0 Å². The van der Waals surface area contributed by atoms with E-state index in [2.05, 4.69) is 128 Å². The number of unbranched alkanes of at least 4 members (excludes halogenated alkanes) is 1. The molecule has 0 saturated heterocycles. The van der Waals surface area contributed by atoms with Gasteiger partial charge in [0, 0.05) is 11.6 Å². The fraction of sp³-hybridized carbons (Fsp3) is 0.542. The number of allylic oxidation sites excluding steroid dienone is 6. The van der Waals surface area contributed by atoms with Crippen molar-refractivity contribution in [3.05, 3.63) is 124 Å². The molecule has 0 saturated carbocycles. The number of rotatable bonds is 19. The predicted molar refractivity (Wildman–Crippen MR) is 232 cm³/mol. The van der Waals surface area contributed by atoms with Crippen LogP contribution in [-0.2, 0) is 19.3 Å². The van der Waals surface area contributed by atoms with Gasteiger partial charge in [0.05, 0.1) is 0 Å². The van der Waals surface area contributed by atoms with E-state index in [9.17, 15) is 0 Å². The number of halogens is 1. The van der Waals surface area contributed by atoms with Crippen LogP contribution in [0.25, 0.3) is 6.08 Å². The summed E-state index contributed by atoms with van der Waals surface area (Å²) in [5.41, 5.74) is 8.72. The third-order valence-electron chi connectivity index (χ3n) is 8.57. The average molecular weight is 705 g/mol. The Morgan fingerprint density at radius 2 is 1.46 bits per heavy atom. The van der Waals surface area contributed by atoms with Crippen molar-refractivity contribution < 1.29 is 0 Å². The molecular formula is C48H78ClN. The van der Waals surface area contributed by atoms with Crippen molar-refractivity contribution in [3.8, 4) is 0 Å². The zero-order chi connectivity index (χ0) is 38.2. The Kier molecular flexibility index (Phi) is 32.9. The minimum atomic E-state index is 0.744. The summed E-state index contributed by atoms with van der Waals surface area (Å²) in [5, 5.41) is 0.829. The van der Waals surface area contributed by atoms with Crippen molar-refractivity contribution in [2.75, 3.05) is 6.54 Å². The van der Waals surface area contributed by atoms with E-state index in [0.29, 0.717) is 0 Å². The molecule has 0 N–H and O–H groups in total. The van der Waals surface area contributed by atoms with Crippen molar-refractivity contribution in [2.45, 2.75) is 154 Å². The Labute approximate surface area is 317 Å². The fourth-order valence-corrected chi connectivity index (χ4v) is 5.82.